The summed E-state index contributed by atoms with van der Waals surface area (Å²) >= 11 is 0. The number of nitrogens with one attached hydrogen (secondary N) is 1. The molecule has 0 saturated heterocycles. The number of hydrogen-bond acceptors (Lipinski definition) is 3. The fourth-order valence-electron chi connectivity index (χ4n) is 2.56. The van der Waals surface area contributed by atoms with Crippen molar-refractivity contribution in [1.82, 2.24) is 4.72 Å². The van der Waals surface area contributed by atoms with Gasteiger partial charge in [0, 0.05) is 17.6 Å². The molecule has 2 unspecified atom stereocenters. The Morgan fingerprint density at radius 3 is 2.57 bits per heavy atom. The van der Waals surface area contributed by atoms with Crippen LogP contribution in [0.25, 0.3) is 0 Å². The predicted molar refractivity (Wildman–Crippen MR) is 83.5 cm³/mol. The van der Waals surface area contributed by atoms with E-state index in [1.807, 2.05) is 30.3 Å². The van der Waals surface area contributed by atoms with Crippen LogP contribution >= 0.6 is 0 Å². The summed E-state index contributed by atoms with van der Waals surface area (Å²) in [6, 6.07) is 14.9. The maximum Gasteiger partial charge on any atom is 0.241 e. The lowest BCUT2D eigenvalue weighted by atomic mass is 10.1. The molecular formula is C16H18N2O2S. The zero-order chi connectivity index (χ0) is 15.0. The van der Waals surface area contributed by atoms with Crippen LogP contribution in [0.4, 0.5) is 5.69 Å². The molecular weight excluding hydrogens is 284 g/mol. The third-order valence-corrected chi connectivity index (χ3v) is 5.46. The molecule has 110 valence electrons. The molecule has 0 spiro atoms. The Hall–Kier alpha value is -1.85. The fraction of sp³-hybridized carbons (Fsp3) is 0.250. The molecule has 1 aliphatic carbocycles. The first-order chi connectivity index (χ1) is 9.97. The highest BCUT2D eigenvalue weighted by Gasteiger charge is 2.41. The Bertz CT molecular complexity index is 757. The van der Waals surface area contributed by atoms with Crippen LogP contribution < -0.4 is 10.5 Å². The van der Waals surface area contributed by atoms with Crippen molar-refractivity contribution in [3.05, 3.63) is 59.7 Å². The molecule has 5 heteroatoms. The van der Waals surface area contributed by atoms with Gasteiger partial charge < -0.3 is 5.73 Å². The second kappa shape index (κ2) is 5.16. The molecule has 0 bridgehead atoms. The van der Waals surface area contributed by atoms with E-state index in [1.54, 1.807) is 19.1 Å². The van der Waals surface area contributed by atoms with Gasteiger partial charge in [0.05, 0.1) is 4.90 Å². The quantitative estimate of drug-likeness (QED) is 0.852. The SMILES string of the molecule is Cc1ccc(N)cc1S(=O)(=O)NC1CC1c1ccccc1. The molecule has 3 rings (SSSR count). The van der Waals surface area contributed by atoms with Gasteiger partial charge in [-0.1, -0.05) is 36.4 Å². The molecule has 0 radical (unpaired) electrons. The third-order valence-electron chi connectivity index (χ3n) is 3.83. The van der Waals surface area contributed by atoms with E-state index in [4.69, 9.17) is 5.73 Å². The Morgan fingerprint density at radius 2 is 1.86 bits per heavy atom. The molecule has 0 aliphatic heterocycles. The third kappa shape index (κ3) is 2.94. The lowest BCUT2D eigenvalue weighted by Gasteiger charge is -2.10. The summed E-state index contributed by atoms with van der Waals surface area (Å²) < 4.78 is 27.7. The molecule has 2 atom stereocenters. The summed E-state index contributed by atoms with van der Waals surface area (Å²) in [5.74, 6) is 0.266. The molecule has 0 heterocycles. The van der Waals surface area contributed by atoms with Crippen molar-refractivity contribution in [1.29, 1.82) is 0 Å². The second-order valence-corrected chi connectivity index (χ2v) is 7.19. The van der Waals surface area contributed by atoms with Crippen LogP contribution in [0.5, 0.6) is 0 Å². The number of aryl methyl sites for hydroxylation is 1. The average Bonchev–Trinajstić information content (AvgIpc) is 3.21. The monoisotopic (exact) mass is 302 g/mol. The second-order valence-electron chi connectivity index (χ2n) is 5.51. The fourth-order valence-corrected chi connectivity index (χ4v) is 4.13. The van der Waals surface area contributed by atoms with Gasteiger partial charge in [0.25, 0.3) is 0 Å². The van der Waals surface area contributed by atoms with E-state index in [1.165, 1.54) is 11.6 Å². The van der Waals surface area contributed by atoms with Crippen LogP contribution in [-0.2, 0) is 10.0 Å². The normalized spacial score (nSPS) is 21.2. The number of benzene rings is 2. The molecule has 1 aliphatic rings. The molecule has 0 amide bonds. The van der Waals surface area contributed by atoms with Crippen LogP contribution in [0, 0.1) is 6.92 Å². The van der Waals surface area contributed by atoms with Crippen molar-refractivity contribution in [3.63, 3.8) is 0 Å². The van der Waals surface area contributed by atoms with Gasteiger partial charge >= 0.3 is 0 Å². The zero-order valence-corrected chi connectivity index (χ0v) is 12.6. The number of rotatable bonds is 4. The zero-order valence-electron chi connectivity index (χ0n) is 11.8. The first kappa shape index (κ1) is 14.1. The van der Waals surface area contributed by atoms with E-state index in [0.29, 0.717) is 11.3 Å². The number of nitrogen functional groups attached to an aromatic ring is 1. The van der Waals surface area contributed by atoms with Gasteiger partial charge in [0.2, 0.25) is 10.0 Å². The van der Waals surface area contributed by atoms with E-state index in [0.717, 1.165) is 6.42 Å². The molecule has 4 nitrogen and oxygen atoms in total. The number of anilines is 1. The van der Waals surface area contributed by atoms with Crippen molar-refractivity contribution < 1.29 is 8.42 Å². The maximum absolute atomic E-state index is 12.5. The molecule has 1 fully saturated rings. The largest absolute Gasteiger partial charge is 0.399 e. The van der Waals surface area contributed by atoms with Gasteiger partial charge in [-0.2, -0.15) is 0 Å². The van der Waals surface area contributed by atoms with Gasteiger partial charge in [0.15, 0.2) is 0 Å². The van der Waals surface area contributed by atoms with Crippen molar-refractivity contribution in [2.45, 2.75) is 30.2 Å². The number of hydrogen-bond donors (Lipinski definition) is 2. The standard InChI is InChI=1S/C16H18N2O2S/c1-11-7-8-13(17)9-16(11)21(19,20)18-15-10-14(15)12-5-3-2-4-6-12/h2-9,14-15,18H,10,17H2,1H3. The molecule has 0 aromatic heterocycles. The van der Waals surface area contributed by atoms with Crippen molar-refractivity contribution >= 4 is 15.7 Å². The summed E-state index contributed by atoms with van der Waals surface area (Å²) in [5, 5.41) is 0. The van der Waals surface area contributed by atoms with E-state index in [-0.39, 0.29) is 16.9 Å². The molecule has 2 aromatic carbocycles. The Morgan fingerprint density at radius 1 is 1.14 bits per heavy atom. The van der Waals surface area contributed by atoms with Gasteiger partial charge in [-0.15, -0.1) is 0 Å². The first-order valence-electron chi connectivity index (χ1n) is 6.91. The van der Waals surface area contributed by atoms with Gasteiger partial charge in [0.1, 0.15) is 0 Å². The molecule has 21 heavy (non-hydrogen) atoms. The Kier molecular flexibility index (Phi) is 3.47. The topological polar surface area (TPSA) is 72.2 Å². The van der Waals surface area contributed by atoms with Crippen LogP contribution in [-0.4, -0.2) is 14.5 Å². The molecule has 2 aromatic rings. The van der Waals surface area contributed by atoms with Gasteiger partial charge in [-0.3, -0.25) is 0 Å². The summed E-state index contributed by atoms with van der Waals surface area (Å²) in [4.78, 5) is 0.265. The predicted octanol–water partition coefficient (Wildman–Crippen LogP) is 2.41. The highest BCUT2D eigenvalue weighted by Crippen LogP contribution is 2.41. The first-order valence-corrected chi connectivity index (χ1v) is 8.39. The number of sulfonamides is 1. The average molecular weight is 302 g/mol. The van der Waals surface area contributed by atoms with Crippen LogP contribution in [0.3, 0.4) is 0 Å². The summed E-state index contributed by atoms with van der Waals surface area (Å²) in [5.41, 5.74) is 8.03. The summed E-state index contributed by atoms with van der Waals surface area (Å²) in [6.45, 7) is 1.77. The molecule has 3 N–H and O–H groups in total. The number of nitrogens with two attached hydrogens (primary N) is 1. The highest BCUT2D eigenvalue weighted by atomic mass is 32.2. The van der Waals surface area contributed by atoms with E-state index in [9.17, 15) is 8.42 Å². The minimum atomic E-state index is -3.52. The van der Waals surface area contributed by atoms with Gasteiger partial charge in [-0.05, 0) is 36.6 Å². The highest BCUT2D eigenvalue weighted by molar-refractivity contribution is 7.89. The Labute approximate surface area is 125 Å². The van der Waals surface area contributed by atoms with E-state index < -0.39 is 10.0 Å². The summed E-state index contributed by atoms with van der Waals surface area (Å²) in [6.07, 6.45) is 0.838. The van der Waals surface area contributed by atoms with Crippen LogP contribution in [0.2, 0.25) is 0 Å². The summed E-state index contributed by atoms with van der Waals surface area (Å²) in [7, 11) is -3.52. The lowest BCUT2D eigenvalue weighted by molar-refractivity contribution is 0.579. The van der Waals surface area contributed by atoms with Gasteiger partial charge in [-0.25, -0.2) is 13.1 Å². The minimum Gasteiger partial charge on any atom is -0.399 e. The van der Waals surface area contributed by atoms with Crippen molar-refractivity contribution in [3.8, 4) is 0 Å². The Balaban J connectivity index is 1.78. The maximum atomic E-state index is 12.5. The van der Waals surface area contributed by atoms with Crippen LogP contribution in [0.1, 0.15) is 23.5 Å². The smallest absolute Gasteiger partial charge is 0.241 e. The minimum absolute atomic E-state index is 0.0294. The van der Waals surface area contributed by atoms with Crippen molar-refractivity contribution in [2.75, 3.05) is 5.73 Å². The van der Waals surface area contributed by atoms with Crippen molar-refractivity contribution in [2.24, 2.45) is 0 Å². The lowest BCUT2D eigenvalue weighted by Crippen LogP contribution is -2.27. The van der Waals surface area contributed by atoms with E-state index in [2.05, 4.69) is 4.72 Å². The van der Waals surface area contributed by atoms with E-state index >= 15 is 0 Å². The van der Waals surface area contributed by atoms with Crippen LogP contribution in [0.15, 0.2) is 53.4 Å². The molecule has 1 saturated carbocycles.